The number of hydrogen-bond donors (Lipinski definition) is 1. The molecule has 0 unspecified atom stereocenters. The summed E-state index contributed by atoms with van der Waals surface area (Å²) in [6, 6.07) is 23.7. The van der Waals surface area contributed by atoms with Crippen LogP contribution >= 0.6 is 0 Å². The zero-order valence-corrected chi connectivity index (χ0v) is 18.6. The molecule has 3 aromatic carbocycles. The Bertz CT molecular complexity index is 1250. The zero-order chi connectivity index (χ0) is 23.7. The van der Waals surface area contributed by atoms with Crippen LogP contribution in [0.2, 0.25) is 0 Å². The molecule has 7 nitrogen and oxygen atoms in total. The predicted molar refractivity (Wildman–Crippen MR) is 126 cm³/mol. The average Bonchev–Trinajstić information content (AvgIpc) is 3.39. The lowest BCUT2D eigenvalue weighted by Gasteiger charge is -2.27. The lowest BCUT2D eigenvalue weighted by atomic mass is 10.0. The van der Waals surface area contributed by atoms with Crippen LogP contribution in [0.25, 0.3) is 11.1 Å². The van der Waals surface area contributed by atoms with Gasteiger partial charge in [-0.2, -0.15) is 0 Å². The predicted octanol–water partition coefficient (Wildman–Crippen LogP) is 3.86. The molecule has 0 fully saturated rings. The number of rotatable bonds is 6. The van der Waals surface area contributed by atoms with Gasteiger partial charge in [0.25, 0.3) is 17.7 Å². The molecule has 0 radical (unpaired) electrons. The molecule has 0 saturated carbocycles. The summed E-state index contributed by atoms with van der Waals surface area (Å²) >= 11 is 0. The van der Waals surface area contributed by atoms with Crippen molar-refractivity contribution in [1.29, 1.82) is 0 Å². The maximum absolute atomic E-state index is 13.4. The van der Waals surface area contributed by atoms with Gasteiger partial charge in [0.15, 0.2) is 0 Å². The van der Waals surface area contributed by atoms with Crippen LogP contribution in [0.1, 0.15) is 37.5 Å². The second-order valence-electron chi connectivity index (χ2n) is 8.24. The van der Waals surface area contributed by atoms with Crippen molar-refractivity contribution < 1.29 is 19.2 Å². The van der Waals surface area contributed by atoms with Gasteiger partial charge in [-0.05, 0) is 35.4 Å². The van der Waals surface area contributed by atoms with Crippen LogP contribution in [0.3, 0.4) is 0 Å². The first-order chi connectivity index (χ1) is 16.6. The zero-order valence-electron chi connectivity index (χ0n) is 18.6. The first kappa shape index (κ1) is 21.6. The summed E-state index contributed by atoms with van der Waals surface area (Å²) in [5.41, 5.74) is 6.86. The molecule has 1 N–H and O–H groups in total. The molecule has 0 aliphatic carbocycles. The van der Waals surface area contributed by atoms with Crippen LogP contribution in [0, 0.1) is 0 Å². The van der Waals surface area contributed by atoms with Crippen LogP contribution in [-0.2, 0) is 4.84 Å². The first-order valence-electron chi connectivity index (χ1n) is 11.0. The van der Waals surface area contributed by atoms with Gasteiger partial charge in [-0.1, -0.05) is 54.6 Å². The van der Waals surface area contributed by atoms with E-state index in [1.807, 2.05) is 42.5 Å². The van der Waals surface area contributed by atoms with E-state index in [1.165, 1.54) is 12.0 Å². The summed E-state index contributed by atoms with van der Waals surface area (Å²) in [6.07, 6.45) is 2.11. The monoisotopic (exact) mass is 453 g/mol. The van der Waals surface area contributed by atoms with Crippen molar-refractivity contribution in [3.63, 3.8) is 0 Å². The molecule has 1 atom stereocenters. The van der Waals surface area contributed by atoms with E-state index in [4.69, 9.17) is 4.84 Å². The molecule has 3 aromatic rings. The van der Waals surface area contributed by atoms with Crippen molar-refractivity contribution in [2.24, 2.45) is 0 Å². The Balaban J connectivity index is 1.38. The molecular weight excluding hydrogens is 430 g/mol. The van der Waals surface area contributed by atoms with Gasteiger partial charge in [0.1, 0.15) is 0 Å². The lowest BCUT2D eigenvalue weighted by Crippen LogP contribution is -2.44. The van der Waals surface area contributed by atoms with Gasteiger partial charge in [-0.15, -0.1) is 0 Å². The maximum atomic E-state index is 13.4. The number of fused-ring (bicyclic) bond motifs is 1. The largest absolute Gasteiger partial charge is 0.308 e. The Morgan fingerprint density at radius 1 is 0.882 bits per heavy atom. The molecular formula is C27H23N3O4. The van der Waals surface area contributed by atoms with E-state index in [2.05, 4.69) is 5.48 Å². The highest BCUT2D eigenvalue weighted by molar-refractivity contribution is 6.21. The minimum atomic E-state index is -0.416. The Labute approximate surface area is 197 Å². The van der Waals surface area contributed by atoms with Crippen molar-refractivity contribution in [3.8, 4) is 11.1 Å². The first-order valence-corrected chi connectivity index (χ1v) is 11.0. The molecule has 2 heterocycles. The molecule has 34 heavy (non-hydrogen) atoms. The van der Waals surface area contributed by atoms with E-state index in [9.17, 15) is 14.4 Å². The number of carbonyl (C=O) groups is 3. The van der Waals surface area contributed by atoms with Crippen LogP contribution in [0.5, 0.6) is 0 Å². The van der Waals surface area contributed by atoms with Gasteiger partial charge < -0.3 is 4.90 Å². The van der Waals surface area contributed by atoms with E-state index >= 15 is 0 Å². The molecule has 0 bridgehead atoms. The molecule has 170 valence electrons. The van der Waals surface area contributed by atoms with Gasteiger partial charge in [0.05, 0.1) is 36.5 Å². The van der Waals surface area contributed by atoms with E-state index in [1.54, 1.807) is 47.5 Å². The highest BCUT2D eigenvalue weighted by atomic mass is 16.6. The fraction of sp³-hybridized carbons (Fsp3) is 0.148. The fourth-order valence-corrected chi connectivity index (χ4v) is 4.45. The Morgan fingerprint density at radius 3 is 2.09 bits per heavy atom. The second kappa shape index (κ2) is 8.96. The Kier molecular flexibility index (Phi) is 5.69. The molecule has 0 aromatic heterocycles. The van der Waals surface area contributed by atoms with E-state index < -0.39 is 6.04 Å². The van der Waals surface area contributed by atoms with E-state index in [-0.39, 0.29) is 24.3 Å². The van der Waals surface area contributed by atoms with E-state index in [0.29, 0.717) is 28.8 Å². The summed E-state index contributed by atoms with van der Waals surface area (Å²) in [4.78, 5) is 47.0. The van der Waals surface area contributed by atoms with Gasteiger partial charge in [-0.25, -0.2) is 0 Å². The number of hydrogen-bond acceptors (Lipinski definition) is 5. The second-order valence-corrected chi connectivity index (χ2v) is 8.24. The molecule has 2 aliphatic heterocycles. The van der Waals surface area contributed by atoms with Gasteiger partial charge in [0, 0.05) is 18.2 Å². The highest BCUT2D eigenvalue weighted by Gasteiger charge is 2.40. The summed E-state index contributed by atoms with van der Waals surface area (Å²) in [6.45, 7) is 0.0889. The van der Waals surface area contributed by atoms with E-state index in [0.717, 1.165) is 11.1 Å². The molecule has 5 rings (SSSR count). The molecule has 0 saturated heterocycles. The number of amides is 3. The van der Waals surface area contributed by atoms with Crippen molar-refractivity contribution in [2.45, 2.75) is 12.5 Å². The number of nitrogens with one attached hydrogen (secondary N) is 1. The highest BCUT2D eigenvalue weighted by Crippen LogP contribution is 2.28. The number of imide groups is 1. The number of nitrogens with zero attached hydrogens (tertiary/aromatic N) is 2. The topological polar surface area (TPSA) is 79.0 Å². The van der Waals surface area contributed by atoms with Gasteiger partial charge >= 0.3 is 0 Å². The third-order valence-corrected chi connectivity index (χ3v) is 6.12. The van der Waals surface area contributed by atoms with Crippen LogP contribution in [-0.4, -0.2) is 47.2 Å². The SMILES string of the molecule is CONC1=CN(C(=O)c2ccc(-c3ccccc3)cc2)[C@H](CN2C(=O)c3ccccc3C2=O)C1. The summed E-state index contributed by atoms with van der Waals surface area (Å²) < 4.78 is 0. The lowest BCUT2D eigenvalue weighted by molar-refractivity contribution is 0.0579. The van der Waals surface area contributed by atoms with Crippen molar-refractivity contribution in [1.82, 2.24) is 15.3 Å². The Hall–Kier alpha value is -4.23. The van der Waals surface area contributed by atoms with Crippen LogP contribution < -0.4 is 5.48 Å². The molecule has 3 amide bonds. The average molecular weight is 453 g/mol. The molecule has 2 aliphatic rings. The molecule has 0 spiro atoms. The minimum Gasteiger partial charge on any atom is -0.308 e. The smallest absolute Gasteiger partial charge is 0.261 e. The van der Waals surface area contributed by atoms with Crippen molar-refractivity contribution >= 4 is 17.7 Å². The third kappa shape index (κ3) is 3.86. The molecule has 7 heteroatoms. The minimum absolute atomic E-state index is 0.0889. The van der Waals surface area contributed by atoms with Crippen molar-refractivity contribution in [3.05, 3.63) is 107 Å². The van der Waals surface area contributed by atoms with Crippen LogP contribution in [0.15, 0.2) is 90.8 Å². The number of hydroxylamine groups is 1. The quantitative estimate of drug-likeness (QED) is 0.453. The maximum Gasteiger partial charge on any atom is 0.261 e. The Morgan fingerprint density at radius 2 is 1.47 bits per heavy atom. The van der Waals surface area contributed by atoms with Gasteiger partial charge in [0.2, 0.25) is 0 Å². The summed E-state index contributed by atoms with van der Waals surface area (Å²) in [5, 5.41) is 0. The van der Waals surface area contributed by atoms with Crippen LogP contribution in [0.4, 0.5) is 0 Å². The number of benzene rings is 3. The summed E-state index contributed by atoms with van der Waals surface area (Å²) in [5.74, 6) is -0.893. The van der Waals surface area contributed by atoms with Crippen molar-refractivity contribution in [2.75, 3.05) is 13.7 Å². The normalized spacial score (nSPS) is 17.1. The standard InChI is InChI=1S/C27H23N3O4/c1-34-28-21-15-22(17-30-26(32)23-9-5-6-10-24(23)27(30)33)29(16-21)25(31)20-13-11-19(12-14-20)18-7-3-2-4-8-18/h2-14,16,22,28H,15,17H2,1H3/t22-/m0/s1. The summed E-state index contributed by atoms with van der Waals surface area (Å²) in [7, 11) is 1.49. The fourth-order valence-electron chi connectivity index (χ4n) is 4.45. The third-order valence-electron chi connectivity index (χ3n) is 6.12. The van der Waals surface area contributed by atoms with Gasteiger partial charge in [-0.3, -0.25) is 29.6 Å². The number of carbonyl (C=O) groups excluding carboxylic acids is 3.